The van der Waals surface area contributed by atoms with Gasteiger partial charge in [-0.15, -0.1) is 10.2 Å². The second-order valence-corrected chi connectivity index (χ2v) is 16.6. The molecule has 0 unspecified atom stereocenters. The lowest BCUT2D eigenvalue weighted by Crippen LogP contribution is -2.38. The zero-order chi connectivity index (χ0) is 41.5. The molecule has 2 fully saturated rings. The summed E-state index contributed by atoms with van der Waals surface area (Å²) in [4.78, 5) is 26.8. The maximum atomic E-state index is 13.8. The maximum absolute atomic E-state index is 13.8. The van der Waals surface area contributed by atoms with Crippen molar-refractivity contribution in [3.63, 3.8) is 0 Å². The summed E-state index contributed by atoms with van der Waals surface area (Å²) < 4.78 is 22.1. The summed E-state index contributed by atoms with van der Waals surface area (Å²) in [7, 11) is 0. The van der Waals surface area contributed by atoms with E-state index in [1.807, 2.05) is 53.1 Å². The van der Waals surface area contributed by atoms with Gasteiger partial charge in [-0.2, -0.15) is 5.10 Å². The molecule has 2 aromatic carbocycles. The van der Waals surface area contributed by atoms with Crippen LogP contribution >= 0.6 is 11.6 Å². The number of nitrogens with zero attached hydrogens (tertiary/aromatic N) is 7. The number of anilines is 2. The van der Waals surface area contributed by atoms with Gasteiger partial charge in [0.1, 0.15) is 30.0 Å². The molecule has 1 aliphatic carbocycles. The van der Waals surface area contributed by atoms with Crippen molar-refractivity contribution in [1.29, 1.82) is 0 Å². The highest BCUT2D eigenvalue weighted by Gasteiger charge is 2.31. The Bertz CT molecular complexity index is 2220. The number of ether oxygens (including phenoxy) is 3. The van der Waals surface area contributed by atoms with Crippen LogP contribution in [0.4, 0.5) is 16.6 Å². The molecule has 3 atom stereocenters. The number of carbonyl (C=O) groups is 2. The number of rotatable bonds is 10. The number of morpholine rings is 1. The molecule has 314 valence electrons. The molecule has 0 spiro atoms. The van der Waals surface area contributed by atoms with Crippen molar-refractivity contribution in [2.45, 2.75) is 83.4 Å². The number of pyridine rings is 1. The van der Waals surface area contributed by atoms with Crippen molar-refractivity contribution in [1.82, 2.24) is 34.6 Å². The lowest BCUT2D eigenvalue weighted by atomic mass is 9.85. The van der Waals surface area contributed by atoms with E-state index in [2.05, 4.69) is 70.5 Å². The summed E-state index contributed by atoms with van der Waals surface area (Å²) in [5.41, 5.74) is 4.19. The molecule has 3 aliphatic rings. The van der Waals surface area contributed by atoms with Crippen molar-refractivity contribution in [3.8, 4) is 17.2 Å². The number of urea groups is 1. The summed E-state index contributed by atoms with van der Waals surface area (Å²) in [6.07, 6.45) is 6.79. The first-order valence-corrected chi connectivity index (χ1v) is 20.8. The van der Waals surface area contributed by atoms with Gasteiger partial charge in [-0.1, -0.05) is 56.6 Å². The van der Waals surface area contributed by atoms with Gasteiger partial charge in [0.05, 0.1) is 41.9 Å². The quantitative estimate of drug-likeness (QED) is 0.120. The minimum Gasteiger partial charge on any atom is -0.491 e. The van der Waals surface area contributed by atoms with E-state index in [4.69, 9.17) is 40.8 Å². The fourth-order valence-electron chi connectivity index (χ4n) is 7.90. The van der Waals surface area contributed by atoms with Crippen LogP contribution in [0.25, 0.3) is 11.3 Å². The van der Waals surface area contributed by atoms with Crippen LogP contribution in [-0.2, 0) is 14.9 Å². The second kappa shape index (κ2) is 18.7. The van der Waals surface area contributed by atoms with Gasteiger partial charge in [0.15, 0.2) is 5.65 Å². The SMILES string of the molecule is C[C@H]1CCCCN1c1nnc2ccc(O[C@@H]3CC[C@H](NC(=O)Nc4cc(C(C)(C)C)nn4-c4ccc(Cl)c(OCCN5CCOCC5)c4)c4ccccc43)cn12.O=CO. The fourth-order valence-corrected chi connectivity index (χ4v) is 8.07. The van der Waals surface area contributed by atoms with Gasteiger partial charge in [0.25, 0.3) is 6.47 Å². The van der Waals surface area contributed by atoms with E-state index in [9.17, 15) is 4.79 Å². The summed E-state index contributed by atoms with van der Waals surface area (Å²) >= 11 is 6.59. The van der Waals surface area contributed by atoms with Gasteiger partial charge in [-0.25, -0.2) is 9.48 Å². The van der Waals surface area contributed by atoms with Crippen LogP contribution in [0.5, 0.6) is 11.5 Å². The largest absolute Gasteiger partial charge is 0.491 e. The van der Waals surface area contributed by atoms with Crippen molar-refractivity contribution in [2.24, 2.45) is 0 Å². The Morgan fingerprint density at radius 1 is 1.00 bits per heavy atom. The Morgan fingerprint density at radius 3 is 2.54 bits per heavy atom. The van der Waals surface area contributed by atoms with Gasteiger partial charge < -0.3 is 29.5 Å². The molecular weight excluding hydrogens is 774 g/mol. The van der Waals surface area contributed by atoms with Crippen molar-refractivity contribution in [2.75, 3.05) is 56.2 Å². The molecule has 5 aromatic rings. The van der Waals surface area contributed by atoms with E-state index >= 15 is 0 Å². The molecule has 16 heteroatoms. The van der Waals surface area contributed by atoms with E-state index in [-0.39, 0.29) is 30.1 Å². The summed E-state index contributed by atoms with van der Waals surface area (Å²) in [6.45, 7) is 13.8. The van der Waals surface area contributed by atoms with Crippen molar-refractivity contribution in [3.05, 3.63) is 88.7 Å². The Balaban J connectivity index is 0.00000171. The first-order valence-electron chi connectivity index (χ1n) is 20.4. The fraction of sp³-hybridized carbons (Fsp3) is 0.465. The van der Waals surface area contributed by atoms with Gasteiger partial charge in [0.2, 0.25) is 5.95 Å². The number of benzene rings is 2. The maximum Gasteiger partial charge on any atom is 0.320 e. The number of halogens is 1. The number of carbonyl (C=O) groups excluding carboxylic acids is 1. The number of hydrogen-bond acceptors (Lipinski definition) is 10. The van der Waals surface area contributed by atoms with Crippen LogP contribution in [-0.4, -0.2) is 98.9 Å². The standard InChI is InChI=1S/C42H52ClN9O4.CH2O2/c1-28-9-7-8-18-50(28)41-47-46-38-17-13-30(27-51(38)41)56-35-16-15-34(31-10-5-6-11-32(31)35)44-40(53)45-39-26-37(42(2,3)4)48-52(39)29-12-14-33(43)36(25-29)55-24-21-49-19-22-54-23-20-49;2-1-3/h5-6,10-14,17,25-28,34-35H,7-9,15-16,18-24H2,1-4H3,(H2,44,45,53);1H,(H,2,3)/t28-,34-,35+;/m0./s1. The number of piperidine rings is 1. The van der Waals surface area contributed by atoms with Crippen LogP contribution in [0.15, 0.2) is 66.9 Å². The van der Waals surface area contributed by atoms with Crippen LogP contribution < -0.4 is 25.0 Å². The second-order valence-electron chi connectivity index (χ2n) is 16.2. The number of carboxylic acid groups (broad SMARTS) is 1. The molecule has 8 rings (SSSR count). The lowest BCUT2D eigenvalue weighted by molar-refractivity contribution is -0.122. The Kier molecular flexibility index (Phi) is 13.2. The number of aromatic nitrogens is 5. The van der Waals surface area contributed by atoms with E-state index < -0.39 is 0 Å². The molecule has 3 N–H and O–H groups in total. The first kappa shape index (κ1) is 41.8. The number of fused-ring (bicyclic) bond motifs is 2. The summed E-state index contributed by atoms with van der Waals surface area (Å²) in [6, 6.07) is 19.5. The minimum absolute atomic E-state index is 0.176. The smallest absolute Gasteiger partial charge is 0.320 e. The molecule has 0 radical (unpaired) electrons. The normalized spacial score (nSPS) is 19.6. The van der Waals surface area contributed by atoms with Crippen LogP contribution in [0, 0.1) is 0 Å². The van der Waals surface area contributed by atoms with Crippen LogP contribution in [0.3, 0.4) is 0 Å². The van der Waals surface area contributed by atoms with E-state index in [0.29, 0.717) is 35.7 Å². The zero-order valence-corrected chi connectivity index (χ0v) is 34.9. The molecule has 2 saturated heterocycles. The molecule has 2 aliphatic heterocycles. The Morgan fingerprint density at radius 2 is 1.78 bits per heavy atom. The van der Waals surface area contributed by atoms with Crippen molar-refractivity contribution < 1.29 is 28.9 Å². The van der Waals surface area contributed by atoms with Crippen LogP contribution in [0.2, 0.25) is 5.02 Å². The molecular formula is C43H54ClN9O6. The zero-order valence-electron chi connectivity index (χ0n) is 34.1. The Hall–Kier alpha value is -5.38. The topological polar surface area (TPSA) is 161 Å². The van der Waals surface area contributed by atoms with Crippen molar-refractivity contribution >= 4 is 41.5 Å². The molecule has 2 amide bonds. The Labute approximate surface area is 349 Å². The number of nitrogens with one attached hydrogen (secondary N) is 2. The summed E-state index contributed by atoms with van der Waals surface area (Å²) in [5, 5.41) is 27.7. The molecule has 0 saturated carbocycles. The molecule has 3 aromatic heterocycles. The van der Waals surface area contributed by atoms with Gasteiger partial charge >= 0.3 is 6.03 Å². The molecule has 59 heavy (non-hydrogen) atoms. The molecule has 0 bridgehead atoms. The third-order valence-corrected chi connectivity index (χ3v) is 11.4. The minimum atomic E-state index is -0.320. The summed E-state index contributed by atoms with van der Waals surface area (Å²) in [5.74, 6) is 2.72. The van der Waals surface area contributed by atoms with Gasteiger partial charge in [0, 0.05) is 49.8 Å². The average molecular weight is 828 g/mol. The van der Waals surface area contributed by atoms with Crippen LogP contribution in [0.1, 0.15) is 88.8 Å². The lowest BCUT2D eigenvalue weighted by Gasteiger charge is -2.33. The predicted molar refractivity (Wildman–Crippen MR) is 226 cm³/mol. The number of hydrogen-bond donors (Lipinski definition) is 3. The monoisotopic (exact) mass is 827 g/mol. The highest BCUT2D eigenvalue weighted by molar-refractivity contribution is 6.32. The van der Waals surface area contributed by atoms with Gasteiger partial charge in [-0.05, 0) is 74.4 Å². The predicted octanol–water partition coefficient (Wildman–Crippen LogP) is 7.43. The van der Waals surface area contributed by atoms with E-state index in [1.54, 1.807) is 10.7 Å². The van der Waals surface area contributed by atoms with E-state index in [0.717, 1.165) is 98.5 Å². The third kappa shape index (κ3) is 9.91. The molecule has 15 nitrogen and oxygen atoms in total. The first-order chi connectivity index (χ1) is 28.5. The third-order valence-electron chi connectivity index (χ3n) is 11.1. The van der Waals surface area contributed by atoms with Gasteiger partial charge in [-0.3, -0.25) is 19.4 Å². The highest BCUT2D eigenvalue weighted by Crippen LogP contribution is 2.39. The van der Waals surface area contributed by atoms with E-state index in [1.165, 1.54) is 6.42 Å². The molecule has 5 heterocycles. The number of amides is 2. The highest BCUT2D eigenvalue weighted by atomic mass is 35.5. The average Bonchev–Trinajstić information content (AvgIpc) is 3.85.